The Labute approximate surface area is 168 Å². The third-order valence-corrected chi connectivity index (χ3v) is 5.04. The van der Waals surface area contributed by atoms with Gasteiger partial charge in [0.15, 0.2) is 0 Å². The van der Waals surface area contributed by atoms with Crippen molar-refractivity contribution in [1.82, 2.24) is 4.98 Å². The molecule has 2 aromatic carbocycles. The highest BCUT2D eigenvalue weighted by Gasteiger charge is 2.25. The lowest BCUT2D eigenvalue weighted by molar-refractivity contribution is 0.585. The van der Waals surface area contributed by atoms with E-state index in [1.807, 2.05) is 6.07 Å². The first-order valence-corrected chi connectivity index (χ1v) is 8.45. The molecule has 0 amide bonds. The number of rotatable bonds is 2. The molecule has 0 saturated carbocycles. The van der Waals surface area contributed by atoms with Crippen LogP contribution in [0.4, 0.5) is 8.78 Å². The molecule has 0 aliphatic carbocycles. The molecular formula is C19H6Cl3F2N3. The van der Waals surface area contributed by atoms with Crippen LogP contribution in [0.15, 0.2) is 36.5 Å². The second-order valence-corrected chi connectivity index (χ2v) is 6.45. The zero-order valence-electron chi connectivity index (χ0n) is 13.2. The van der Waals surface area contributed by atoms with Crippen molar-refractivity contribution in [3.63, 3.8) is 0 Å². The number of halogens is 5. The second kappa shape index (κ2) is 7.50. The molecule has 0 aliphatic rings. The van der Waals surface area contributed by atoms with Crippen molar-refractivity contribution < 1.29 is 8.78 Å². The fourth-order valence-corrected chi connectivity index (χ4v) is 3.45. The minimum absolute atomic E-state index is 0.0519. The van der Waals surface area contributed by atoms with Crippen molar-refractivity contribution in [2.45, 2.75) is 0 Å². The van der Waals surface area contributed by atoms with Crippen molar-refractivity contribution in [2.75, 3.05) is 0 Å². The monoisotopic (exact) mass is 419 g/mol. The lowest BCUT2D eigenvalue weighted by atomic mass is 9.95. The number of nitriles is 2. The molecule has 3 rings (SSSR count). The summed E-state index contributed by atoms with van der Waals surface area (Å²) in [5.41, 5.74) is 0.228. The summed E-state index contributed by atoms with van der Waals surface area (Å²) in [7, 11) is 0. The van der Waals surface area contributed by atoms with Crippen LogP contribution in [0.3, 0.4) is 0 Å². The van der Waals surface area contributed by atoms with Gasteiger partial charge in [-0.1, -0.05) is 40.9 Å². The van der Waals surface area contributed by atoms with E-state index in [1.54, 1.807) is 12.1 Å². The van der Waals surface area contributed by atoms with Gasteiger partial charge in [-0.15, -0.1) is 0 Å². The SMILES string of the molecule is N#Cc1c(Cl)c(Cl)c(-c2ncccc2-c2ccc(F)cc2F)c(C#N)c1Cl. The van der Waals surface area contributed by atoms with Gasteiger partial charge in [0.05, 0.1) is 31.9 Å². The summed E-state index contributed by atoms with van der Waals surface area (Å²) in [6, 6.07) is 9.85. The molecule has 1 aromatic heterocycles. The summed E-state index contributed by atoms with van der Waals surface area (Å²) in [4.78, 5) is 4.20. The Morgan fingerprint density at radius 3 is 2.19 bits per heavy atom. The number of nitrogens with zero attached hydrogens (tertiary/aromatic N) is 3. The van der Waals surface area contributed by atoms with E-state index in [0.717, 1.165) is 12.1 Å². The van der Waals surface area contributed by atoms with Crippen LogP contribution in [0.5, 0.6) is 0 Å². The van der Waals surface area contributed by atoms with Crippen LogP contribution in [-0.2, 0) is 0 Å². The molecule has 3 nitrogen and oxygen atoms in total. The van der Waals surface area contributed by atoms with Gasteiger partial charge >= 0.3 is 0 Å². The summed E-state index contributed by atoms with van der Waals surface area (Å²) < 4.78 is 27.6. The van der Waals surface area contributed by atoms with Crippen molar-refractivity contribution in [3.05, 3.63) is 74.4 Å². The number of benzene rings is 2. The largest absolute Gasteiger partial charge is 0.256 e. The molecule has 0 spiro atoms. The van der Waals surface area contributed by atoms with E-state index in [4.69, 9.17) is 34.8 Å². The fourth-order valence-electron chi connectivity index (χ4n) is 2.62. The van der Waals surface area contributed by atoms with E-state index in [2.05, 4.69) is 4.98 Å². The van der Waals surface area contributed by atoms with Crippen LogP contribution >= 0.6 is 34.8 Å². The molecule has 0 bridgehead atoms. The van der Waals surface area contributed by atoms with E-state index in [9.17, 15) is 19.3 Å². The molecule has 132 valence electrons. The van der Waals surface area contributed by atoms with Gasteiger partial charge in [-0.3, -0.25) is 4.98 Å². The average Bonchev–Trinajstić information content (AvgIpc) is 2.65. The van der Waals surface area contributed by atoms with E-state index in [-0.39, 0.29) is 48.6 Å². The molecule has 3 aromatic rings. The van der Waals surface area contributed by atoms with E-state index in [0.29, 0.717) is 0 Å². The Morgan fingerprint density at radius 2 is 1.56 bits per heavy atom. The van der Waals surface area contributed by atoms with Crippen molar-refractivity contribution in [3.8, 4) is 34.5 Å². The molecule has 0 radical (unpaired) electrons. The topological polar surface area (TPSA) is 60.5 Å². The highest BCUT2D eigenvalue weighted by molar-refractivity contribution is 6.46. The molecule has 1 heterocycles. The molecular weight excluding hydrogens is 415 g/mol. The van der Waals surface area contributed by atoms with Crippen LogP contribution in [0.1, 0.15) is 11.1 Å². The lowest BCUT2D eigenvalue weighted by Crippen LogP contribution is -1.98. The van der Waals surface area contributed by atoms with Gasteiger partial charge in [-0.05, 0) is 18.2 Å². The van der Waals surface area contributed by atoms with Gasteiger partial charge in [-0.2, -0.15) is 10.5 Å². The molecule has 0 saturated heterocycles. The smallest absolute Gasteiger partial charge is 0.134 e. The van der Waals surface area contributed by atoms with Gasteiger partial charge < -0.3 is 0 Å². The maximum atomic E-state index is 14.3. The third kappa shape index (κ3) is 3.22. The summed E-state index contributed by atoms with van der Waals surface area (Å²) in [6.07, 6.45) is 1.41. The predicted octanol–water partition coefficient (Wildman–Crippen LogP) is 6.40. The summed E-state index contributed by atoms with van der Waals surface area (Å²) in [5.74, 6) is -1.55. The van der Waals surface area contributed by atoms with Crippen molar-refractivity contribution >= 4 is 34.8 Å². The van der Waals surface area contributed by atoms with Gasteiger partial charge in [0.25, 0.3) is 0 Å². The maximum absolute atomic E-state index is 14.3. The second-order valence-electron chi connectivity index (χ2n) is 5.31. The Kier molecular flexibility index (Phi) is 5.30. The molecule has 0 atom stereocenters. The fraction of sp³-hybridized carbons (Fsp3) is 0. The van der Waals surface area contributed by atoms with Crippen LogP contribution in [0.2, 0.25) is 15.1 Å². The Morgan fingerprint density at radius 1 is 0.852 bits per heavy atom. The van der Waals surface area contributed by atoms with E-state index in [1.165, 1.54) is 18.3 Å². The Balaban J connectivity index is 2.42. The minimum Gasteiger partial charge on any atom is -0.256 e. The highest BCUT2D eigenvalue weighted by atomic mass is 35.5. The first-order chi connectivity index (χ1) is 12.9. The summed E-state index contributed by atoms with van der Waals surface area (Å²) in [6.45, 7) is 0. The Hall–Kier alpha value is -2.70. The quantitative estimate of drug-likeness (QED) is 0.451. The van der Waals surface area contributed by atoms with Gasteiger partial charge in [0, 0.05) is 29.0 Å². The molecule has 0 fully saturated rings. The maximum Gasteiger partial charge on any atom is 0.134 e. The van der Waals surface area contributed by atoms with E-state index < -0.39 is 11.6 Å². The first kappa shape index (κ1) is 19.1. The normalized spacial score (nSPS) is 10.3. The van der Waals surface area contributed by atoms with Crippen LogP contribution < -0.4 is 0 Å². The minimum atomic E-state index is -0.815. The standard InChI is InChI=1S/C19H6Cl3F2N3/c20-16-12(7-25)15(18(22)17(21)13(16)8-26)19-11(2-1-5-27-19)10-4-3-9(23)6-14(10)24/h1-6H. The van der Waals surface area contributed by atoms with Gasteiger partial charge in [0.1, 0.15) is 23.8 Å². The Bertz CT molecular complexity index is 1160. The summed E-state index contributed by atoms with van der Waals surface area (Å²) >= 11 is 18.6. The summed E-state index contributed by atoms with van der Waals surface area (Å²) in [5, 5.41) is 18.3. The number of aromatic nitrogens is 1. The van der Waals surface area contributed by atoms with E-state index >= 15 is 0 Å². The first-order valence-electron chi connectivity index (χ1n) is 7.32. The molecule has 27 heavy (non-hydrogen) atoms. The van der Waals surface area contributed by atoms with Crippen LogP contribution in [-0.4, -0.2) is 4.98 Å². The zero-order valence-corrected chi connectivity index (χ0v) is 15.5. The van der Waals surface area contributed by atoms with Crippen LogP contribution in [0.25, 0.3) is 22.4 Å². The van der Waals surface area contributed by atoms with Crippen LogP contribution in [0, 0.1) is 34.3 Å². The van der Waals surface area contributed by atoms with Gasteiger partial charge in [0.2, 0.25) is 0 Å². The number of pyridine rings is 1. The lowest BCUT2D eigenvalue weighted by Gasteiger charge is -2.15. The molecule has 0 unspecified atom stereocenters. The zero-order chi connectivity index (χ0) is 19.7. The predicted molar refractivity (Wildman–Crippen MR) is 99.5 cm³/mol. The third-order valence-electron chi connectivity index (χ3n) is 3.81. The molecule has 0 aliphatic heterocycles. The number of hydrogen-bond acceptors (Lipinski definition) is 3. The number of hydrogen-bond donors (Lipinski definition) is 0. The molecule has 8 heteroatoms. The highest BCUT2D eigenvalue weighted by Crippen LogP contribution is 2.45. The van der Waals surface area contributed by atoms with Gasteiger partial charge in [-0.25, -0.2) is 8.78 Å². The molecule has 0 N–H and O–H groups in total. The van der Waals surface area contributed by atoms with Crippen molar-refractivity contribution in [2.24, 2.45) is 0 Å². The van der Waals surface area contributed by atoms with Crippen molar-refractivity contribution in [1.29, 1.82) is 10.5 Å². The average molecular weight is 421 g/mol.